The van der Waals surface area contributed by atoms with Crippen molar-refractivity contribution in [3.05, 3.63) is 95.1 Å². The molecule has 0 radical (unpaired) electrons. The molecule has 0 aliphatic rings. The maximum atomic E-state index is 5.79. The van der Waals surface area contributed by atoms with Gasteiger partial charge in [0.05, 0.1) is 6.21 Å². The number of aryl methyl sites for hydroxylation is 2. The minimum Gasteiger partial charge on any atom is -0.489 e. The highest BCUT2D eigenvalue weighted by Crippen LogP contribution is 2.19. The van der Waals surface area contributed by atoms with Gasteiger partial charge in [-0.1, -0.05) is 48.5 Å². The number of ether oxygens (including phenoxy) is 1. The molecule has 0 spiro atoms. The fourth-order valence-corrected chi connectivity index (χ4v) is 2.86. The van der Waals surface area contributed by atoms with Gasteiger partial charge in [0, 0.05) is 5.69 Å². The number of anilines is 1. The summed E-state index contributed by atoms with van der Waals surface area (Å²) in [7, 11) is 0. The van der Waals surface area contributed by atoms with Crippen molar-refractivity contribution in [3.63, 3.8) is 0 Å². The minimum absolute atomic E-state index is 0.455. The van der Waals surface area contributed by atoms with Crippen molar-refractivity contribution in [3.8, 4) is 5.75 Å². The molecule has 5 heteroatoms. The molecule has 0 heterocycles. The molecule has 0 aromatic heterocycles. The normalized spacial score (nSPS) is 10.6. The molecular weight excluding hydrogens is 366 g/mol. The fraction of sp³-hybridized carbons (Fsp3) is 0.130. The molecule has 3 aromatic carbocycles. The molecule has 142 valence electrons. The van der Waals surface area contributed by atoms with Gasteiger partial charge in [-0.2, -0.15) is 5.10 Å². The third kappa shape index (κ3) is 5.66. The van der Waals surface area contributed by atoms with Gasteiger partial charge in [-0.25, -0.2) is 0 Å². The van der Waals surface area contributed by atoms with Crippen LogP contribution >= 0.6 is 12.2 Å². The van der Waals surface area contributed by atoms with Crippen molar-refractivity contribution in [2.75, 3.05) is 5.32 Å². The van der Waals surface area contributed by atoms with Crippen LogP contribution in [0.2, 0.25) is 0 Å². The zero-order valence-electron chi connectivity index (χ0n) is 16.0. The Bertz CT molecular complexity index is 933. The Morgan fingerprint density at radius 1 is 0.929 bits per heavy atom. The van der Waals surface area contributed by atoms with Crippen LogP contribution in [0.5, 0.6) is 5.75 Å². The van der Waals surface area contributed by atoms with Gasteiger partial charge in [-0.05, 0) is 72.6 Å². The summed E-state index contributed by atoms with van der Waals surface area (Å²) >= 11 is 5.32. The van der Waals surface area contributed by atoms with Crippen LogP contribution in [0, 0.1) is 13.8 Å². The van der Waals surface area contributed by atoms with Crippen molar-refractivity contribution in [2.45, 2.75) is 20.5 Å². The predicted molar refractivity (Wildman–Crippen MR) is 120 cm³/mol. The standard InChI is InChI=1S/C23H23N3OS/c1-17-7-6-8-18(2)22(17)25-23(28)26-24-15-19-11-13-21(14-12-19)27-16-20-9-4-3-5-10-20/h3-15H,16H2,1-2H3,(H2,25,26,28)/b24-15-. The van der Waals surface area contributed by atoms with E-state index in [1.54, 1.807) is 6.21 Å². The van der Waals surface area contributed by atoms with Crippen LogP contribution in [-0.4, -0.2) is 11.3 Å². The first-order valence-electron chi connectivity index (χ1n) is 9.05. The number of hydrogen-bond acceptors (Lipinski definition) is 3. The Labute approximate surface area is 171 Å². The number of hydrogen-bond donors (Lipinski definition) is 2. The summed E-state index contributed by atoms with van der Waals surface area (Å²) in [6.07, 6.45) is 1.72. The predicted octanol–water partition coefficient (Wildman–Crippen LogP) is 5.20. The zero-order valence-corrected chi connectivity index (χ0v) is 16.8. The third-order valence-electron chi connectivity index (χ3n) is 4.23. The lowest BCUT2D eigenvalue weighted by molar-refractivity contribution is 0.306. The molecule has 3 aromatic rings. The summed E-state index contributed by atoms with van der Waals surface area (Å²) in [5.41, 5.74) is 8.23. The lowest BCUT2D eigenvalue weighted by Gasteiger charge is -2.12. The highest BCUT2D eigenvalue weighted by atomic mass is 32.1. The third-order valence-corrected chi connectivity index (χ3v) is 4.42. The first-order valence-corrected chi connectivity index (χ1v) is 9.46. The smallest absolute Gasteiger partial charge is 0.191 e. The Hall–Kier alpha value is -3.18. The summed E-state index contributed by atoms with van der Waals surface area (Å²) in [4.78, 5) is 0. The number of nitrogens with zero attached hydrogens (tertiary/aromatic N) is 1. The first-order chi connectivity index (χ1) is 13.6. The minimum atomic E-state index is 0.455. The van der Waals surface area contributed by atoms with E-state index in [0.29, 0.717) is 11.7 Å². The molecule has 0 bridgehead atoms. The van der Waals surface area contributed by atoms with E-state index in [0.717, 1.165) is 33.7 Å². The van der Waals surface area contributed by atoms with Crippen LogP contribution in [0.3, 0.4) is 0 Å². The Morgan fingerprint density at radius 3 is 2.29 bits per heavy atom. The number of benzene rings is 3. The monoisotopic (exact) mass is 389 g/mol. The van der Waals surface area contributed by atoms with E-state index in [2.05, 4.69) is 15.8 Å². The van der Waals surface area contributed by atoms with Crippen LogP contribution in [0.15, 0.2) is 77.9 Å². The van der Waals surface area contributed by atoms with E-state index in [1.807, 2.05) is 86.6 Å². The molecule has 0 amide bonds. The molecule has 0 fully saturated rings. The van der Waals surface area contributed by atoms with Crippen molar-refractivity contribution < 1.29 is 4.74 Å². The van der Waals surface area contributed by atoms with Crippen LogP contribution in [-0.2, 0) is 6.61 Å². The summed E-state index contributed by atoms with van der Waals surface area (Å²) < 4.78 is 5.79. The van der Waals surface area contributed by atoms with Crippen LogP contribution in [0.25, 0.3) is 0 Å². The zero-order chi connectivity index (χ0) is 19.8. The fourth-order valence-electron chi connectivity index (χ4n) is 2.71. The number of thiocarbonyl (C=S) groups is 1. The topological polar surface area (TPSA) is 45.7 Å². The van der Waals surface area contributed by atoms with Gasteiger partial charge in [-0.15, -0.1) is 0 Å². The summed E-state index contributed by atoms with van der Waals surface area (Å²) in [5.74, 6) is 0.821. The first kappa shape index (κ1) is 19.6. The van der Waals surface area contributed by atoms with Gasteiger partial charge in [0.15, 0.2) is 5.11 Å². The molecule has 4 nitrogen and oxygen atoms in total. The average Bonchev–Trinajstić information content (AvgIpc) is 2.71. The number of rotatable bonds is 6. The Kier molecular flexibility index (Phi) is 6.76. The molecule has 2 N–H and O–H groups in total. The quantitative estimate of drug-likeness (QED) is 0.345. The van der Waals surface area contributed by atoms with Gasteiger partial charge in [0.1, 0.15) is 12.4 Å². The lowest BCUT2D eigenvalue weighted by atomic mass is 10.1. The highest BCUT2D eigenvalue weighted by molar-refractivity contribution is 7.80. The van der Waals surface area contributed by atoms with Gasteiger partial charge in [0.2, 0.25) is 0 Å². The molecule has 0 saturated heterocycles. The molecule has 3 rings (SSSR count). The Morgan fingerprint density at radius 2 is 1.61 bits per heavy atom. The van der Waals surface area contributed by atoms with Gasteiger partial charge in [0.25, 0.3) is 0 Å². The van der Waals surface area contributed by atoms with Crippen molar-refractivity contribution in [1.82, 2.24) is 5.43 Å². The van der Waals surface area contributed by atoms with Crippen molar-refractivity contribution in [1.29, 1.82) is 0 Å². The van der Waals surface area contributed by atoms with Gasteiger partial charge < -0.3 is 10.1 Å². The molecular formula is C23H23N3OS. The number of hydrazone groups is 1. The van der Waals surface area contributed by atoms with Crippen molar-refractivity contribution >= 4 is 29.2 Å². The number of nitrogens with one attached hydrogen (secondary N) is 2. The summed E-state index contributed by atoms with van der Waals surface area (Å²) in [5, 5.41) is 7.85. The molecule has 28 heavy (non-hydrogen) atoms. The van der Waals surface area contributed by atoms with Crippen LogP contribution in [0.1, 0.15) is 22.3 Å². The van der Waals surface area contributed by atoms with E-state index in [4.69, 9.17) is 17.0 Å². The van der Waals surface area contributed by atoms with Crippen LogP contribution < -0.4 is 15.5 Å². The van der Waals surface area contributed by atoms with E-state index in [1.165, 1.54) is 0 Å². The van der Waals surface area contributed by atoms with E-state index >= 15 is 0 Å². The van der Waals surface area contributed by atoms with Gasteiger partial charge in [-0.3, -0.25) is 5.43 Å². The van der Waals surface area contributed by atoms with Crippen molar-refractivity contribution in [2.24, 2.45) is 5.10 Å². The molecule has 0 saturated carbocycles. The number of para-hydroxylation sites is 1. The summed E-state index contributed by atoms with van der Waals surface area (Å²) in [6.45, 7) is 4.64. The largest absolute Gasteiger partial charge is 0.489 e. The molecule has 0 aliphatic heterocycles. The second-order valence-electron chi connectivity index (χ2n) is 6.43. The van der Waals surface area contributed by atoms with E-state index in [-0.39, 0.29) is 0 Å². The maximum absolute atomic E-state index is 5.79. The van der Waals surface area contributed by atoms with Crippen LogP contribution in [0.4, 0.5) is 5.69 Å². The maximum Gasteiger partial charge on any atom is 0.191 e. The second kappa shape index (κ2) is 9.67. The lowest BCUT2D eigenvalue weighted by Crippen LogP contribution is -2.24. The van der Waals surface area contributed by atoms with E-state index in [9.17, 15) is 0 Å². The Balaban J connectivity index is 1.49. The highest BCUT2D eigenvalue weighted by Gasteiger charge is 2.03. The average molecular weight is 390 g/mol. The summed E-state index contributed by atoms with van der Waals surface area (Å²) in [6, 6.07) is 24.0. The van der Waals surface area contributed by atoms with E-state index < -0.39 is 0 Å². The van der Waals surface area contributed by atoms with Gasteiger partial charge >= 0.3 is 0 Å². The molecule has 0 atom stereocenters. The molecule has 0 aliphatic carbocycles. The SMILES string of the molecule is Cc1cccc(C)c1NC(=S)N/N=C\c1ccc(OCc2ccccc2)cc1. The second-order valence-corrected chi connectivity index (χ2v) is 6.84. The molecule has 0 unspecified atom stereocenters.